The molecule has 0 atom stereocenters. The predicted octanol–water partition coefficient (Wildman–Crippen LogP) is 8.19. The van der Waals surface area contributed by atoms with Gasteiger partial charge < -0.3 is 15.0 Å². The van der Waals surface area contributed by atoms with Crippen LogP contribution in [0.15, 0.2) is 54.1 Å². The molecule has 2 saturated carbocycles. The number of phenolic OH excluding ortho intramolecular Hbond substituents is 2. The van der Waals surface area contributed by atoms with Crippen LogP contribution >= 0.6 is 0 Å². The van der Waals surface area contributed by atoms with Crippen LogP contribution in [0.25, 0.3) is 5.57 Å². The largest absolute Gasteiger partial charge is 0.508 e. The van der Waals surface area contributed by atoms with Crippen LogP contribution < -0.4 is 0 Å². The first-order valence-corrected chi connectivity index (χ1v) is 12.9. The Morgan fingerprint density at radius 1 is 0.706 bits per heavy atom. The average Bonchev–Trinajstić information content (AvgIpc) is 3.55. The van der Waals surface area contributed by atoms with Crippen molar-refractivity contribution in [1.82, 2.24) is 0 Å². The Morgan fingerprint density at radius 2 is 1.12 bits per heavy atom. The molecule has 0 aromatic heterocycles. The molecule has 0 heterocycles. The standard InChI is InChI=1S/C25H30O3.C5H10.Fe/c1-18(26)6-2-5-9-24(19-7-3-4-8-19)25(20-10-14-22(27)15-11-20)21-12-16-23(28)17-13-21;1-2-4-5-3-1;/h10-17,19,27-28H,2-9H2,1H3;1-5H2;. The van der Waals surface area contributed by atoms with Gasteiger partial charge in [0.1, 0.15) is 17.3 Å². The van der Waals surface area contributed by atoms with Gasteiger partial charge >= 0.3 is 0 Å². The smallest absolute Gasteiger partial charge is 0.129 e. The van der Waals surface area contributed by atoms with E-state index in [4.69, 9.17) is 0 Å². The van der Waals surface area contributed by atoms with Crippen LogP contribution in [0, 0.1) is 5.92 Å². The molecule has 0 amide bonds. The van der Waals surface area contributed by atoms with Gasteiger partial charge in [0.05, 0.1) is 0 Å². The Kier molecular flexibility index (Phi) is 12.5. The van der Waals surface area contributed by atoms with E-state index in [0.717, 1.165) is 30.4 Å². The molecule has 2 N–H and O–H groups in total. The van der Waals surface area contributed by atoms with Gasteiger partial charge in [-0.1, -0.05) is 74.8 Å². The van der Waals surface area contributed by atoms with Gasteiger partial charge in [-0.3, -0.25) is 0 Å². The molecule has 186 valence electrons. The summed E-state index contributed by atoms with van der Waals surface area (Å²) in [5.74, 6) is 1.34. The minimum atomic E-state index is 0. The maximum Gasteiger partial charge on any atom is 0.129 e. The van der Waals surface area contributed by atoms with E-state index in [2.05, 4.69) is 0 Å². The van der Waals surface area contributed by atoms with Gasteiger partial charge in [-0.05, 0) is 85.9 Å². The number of ketones is 1. The summed E-state index contributed by atoms with van der Waals surface area (Å²) < 4.78 is 0. The Morgan fingerprint density at radius 3 is 1.53 bits per heavy atom. The van der Waals surface area contributed by atoms with Crippen LogP contribution in [0.4, 0.5) is 0 Å². The molecule has 4 heteroatoms. The molecule has 2 fully saturated rings. The number of aromatic hydroxyl groups is 2. The second-order valence-corrected chi connectivity index (χ2v) is 9.65. The zero-order valence-corrected chi connectivity index (χ0v) is 21.6. The van der Waals surface area contributed by atoms with E-state index in [-0.39, 0.29) is 34.4 Å². The molecule has 2 aliphatic rings. The number of hydrogen-bond donors (Lipinski definition) is 2. The fourth-order valence-electron chi connectivity index (χ4n) is 5.17. The molecule has 34 heavy (non-hydrogen) atoms. The number of phenols is 2. The van der Waals surface area contributed by atoms with E-state index in [1.165, 1.54) is 68.9 Å². The number of unbranched alkanes of at least 4 members (excludes halogenated alkanes) is 1. The summed E-state index contributed by atoms with van der Waals surface area (Å²) in [4.78, 5) is 11.3. The predicted molar refractivity (Wildman–Crippen MR) is 136 cm³/mol. The fraction of sp³-hybridized carbons (Fsp3) is 0.500. The number of Topliss-reactive ketones (excluding diaryl/α,β-unsaturated/α-hetero) is 1. The summed E-state index contributed by atoms with van der Waals surface area (Å²) in [6.45, 7) is 1.66. The van der Waals surface area contributed by atoms with Gasteiger partial charge in [-0.25, -0.2) is 0 Å². The van der Waals surface area contributed by atoms with Crippen LogP contribution in [-0.2, 0) is 21.9 Å². The topological polar surface area (TPSA) is 57.5 Å². The average molecular weight is 504 g/mol. The molecule has 0 radical (unpaired) electrons. The summed E-state index contributed by atoms with van der Waals surface area (Å²) in [6, 6.07) is 14.8. The second kappa shape index (κ2) is 15.1. The van der Waals surface area contributed by atoms with Crippen molar-refractivity contribution < 1.29 is 32.1 Å². The summed E-state index contributed by atoms with van der Waals surface area (Å²) in [5.41, 5.74) is 4.86. The van der Waals surface area contributed by atoms with E-state index in [9.17, 15) is 15.0 Å². The van der Waals surface area contributed by atoms with Crippen LogP contribution in [-0.4, -0.2) is 16.0 Å². The normalized spacial score (nSPS) is 15.2. The van der Waals surface area contributed by atoms with E-state index in [1.54, 1.807) is 31.2 Å². The van der Waals surface area contributed by atoms with E-state index < -0.39 is 0 Å². The van der Waals surface area contributed by atoms with Gasteiger partial charge in [0.2, 0.25) is 0 Å². The minimum absolute atomic E-state index is 0. The molecule has 0 bridgehead atoms. The third-order valence-electron chi connectivity index (χ3n) is 6.96. The first-order valence-electron chi connectivity index (χ1n) is 12.9. The van der Waals surface area contributed by atoms with Crippen molar-refractivity contribution >= 4 is 11.4 Å². The summed E-state index contributed by atoms with van der Waals surface area (Å²) in [7, 11) is 0. The summed E-state index contributed by atoms with van der Waals surface area (Å²) in [6.07, 6.45) is 16.0. The van der Waals surface area contributed by atoms with Gasteiger partial charge in [0.15, 0.2) is 0 Å². The third kappa shape index (κ3) is 8.96. The number of rotatable bonds is 8. The molecule has 3 nitrogen and oxygen atoms in total. The van der Waals surface area contributed by atoms with Gasteiger partial charge in [-0.15, -0.1) is 0 Å². The van der Waals surface area contributed by atoms with E-state index >= 15 is 0 Å². The van der Waals surface area contributed by atoms with Crippen molar-refractivity contribution in [2.45, 2.75) is 90.4 Å². The molecule has 0 spiro atoms. The van der Waals surface area contributed by atoms with Crippen molar-refractivity contribution in [2.24, 2.45) is 5.92 Å². The second-order valence-electron chi connectivity index (χ2n) is 9.65. The Hall–Kier alpha value is -2.03. The Balaban J connectivity index is 0.000000603. The molecular weight excluding hydrogens is 464 g/mol. The Bertz CT molecular complexity index is 835. The van der Waals surface area contributed by atoms with Crippen molar-refractivity contribution in [1.29, 1.82) is 0 Å². The van der Waals surface area contributed by atoms with Crippen LogP contribution in [0.3, 0.4) is 0 Å². The molecule has 0 aliphatic heterocycles. The van der Waals surface area contributed by atoms with E-state index in [0.29, 0.717) is 12.3 Å². The number of hydrogen-bond acceptors (Lipinski definition) is 3. The van der Waals surface area contributed by atoms with Crippen LogP contribution in [0.2, 0.25) is 0 Å². The minimum Gasteiger partial charge on any atom is -0.508 e. The Labute approximate surface area is 216 Å². The SMILES string of the molecule is C1CCCC1.CC(=O)CCCCC(=C(c1ccc(O)cc1)c1ccc(O)cc1)C1CCCC1.[Fe]. The third-order valence-corrected chi connectivity index (χ3v) is 6.96. The number of carbonyl (C=O) groups excluding carboxylic acids is 1. The zero-order valence-electron chi connectivity index (χ0n) is 20.5. The zero-order chi connectivity index (χ0) is 23.5. The van der Waals surface area contributed by atoms with Crippen molar-refractivity contribution in [3.63, 3.8) is 0 Å². The summed E-state index contributed by atoms with van der Waals surface area (Å²) >= 11 is 0. The monoisotopic (exact) mass is 504 g/mol. The van der Waals surface area contributed by atoms with Crippen molar-refractivity contribution in [2.75, 3.05) is 0 Å². The molecule has 0 unspecified atom stereocenters. The molecule has 2 aromatic carbocycles. The number of carbonyl (C=O) groups is 1. The summed E-state index contributed by atoms with van der Waals surface area (Å²) in [5, 5.41) is 19.5. The van der Waals surface area contributed by atoms with Crippen molar-refractivity contribution in [3.8, 4) is 11.5 Å². The molecule has 0 saturated heterocycles. The van der Waals surface area contributed by atoms with Gasteiger partial charge in [0.25, 0.3) is 0 Å². The van der Waals surface area contributed by atoms with Crippen LogP contribution in [0.5, 0.6) is 11.5 Å². The first-order chi connectivity index (χ1) is 16.0. The maximum atomic E-state index is 11.3. The quantitative estimate of drug-likeness (QED) is 0.282. The number of benzene rings is 2. The van der Waals surface area contributed by atoms with Crippen LogP contribution in [0.1, 0.15) is 102 Å². The van der Waals surface area contributed by atoms with E-state index in [1.807, 2.05) is 24.3 Å². The van der Waals surface area contributed by atoms with Crippen molar-refractivity contribution in [3.05, 3.63) is 65.2 Å². The fourth-order valence-corrected chi connectivity index (χ4v) is 5.17. The molecule has 2 aromatic rings. The molecule has 4 rings (SSSR count). The van der Waals surface area contributed by atoms with Gasteiger partial charge in [0, 0.05) is 23.5 Å². The van der Waals surface area contributed by atoms with Gasteiger partial charge in [-0.2, -0.15) is 0 Å². The maximum absolute atomic E-state index is 11.3. The molecular formula is C30H40FeO3. The molecule has 2 aliphatic carbocycles. The number of allylic oxidation sites excluding steroid dienone is 1. The first kappa shape index (κ1) is 28.2.